The Kier molecular flexibility index (Phi) is 5.31. The zero-order chi connectivity index (χ0) is 15.5. The normalized spacial score (nSPS) is 28.2. The molecule has 1 saturated carbocycles. The van der Waals surface area contributed by atoms with Gasteiger partial charge in [-0.2, -0.15) is 0 Å². The van der Waals surface area contributed by atoms with E-state index in [4.69, 9.17) is 0 Å². The number of carbonyl (C=O) groups is 1. The topological polar surface area (TPSA) is 35.6 Å². The first-order valence-electron chi connectivity index (χ1n) is 8.59. The Morgan fingerprint density at radius 1 is 1.14 bits per heavy atom. The quantitative estimate of drug-likeness (QED) is 0.815. The number of carbonyl (C=O) groups excluding carboxylic acids is 1. The first-order chi connectivity index (χ1) is 9.96. The van der Waals surface area contributed by atoms with Crippen LogP contribution in [0.15, 0.2) is 0 Å². The van der Waals surface area contributed by atoms with E-state index in [1.165, 1.54) is 19.3 Å². The summed E-state index contributed by atoms with van der Waals surface area (Å²) in [4.78, 5) is 17.5. The number of nitrogens with one attached hydrogen (secondary N) is 1. The summed E-state index contributed by atoms with van der Waals surface area (Å²) in [5, 5.41) is 3.45. The SMILES string of the molecule is CCCC1(C(=O)N(C)CC2(N(C)C)CCC2)CCCNC1. The van der Waals surface area contributed by atoms with E-state index in [2.05, 4.69) is 31.2 Å². The summed E-state index contributed by atoms with van der Waals surface area (Å²) in [6.07, 6.45) is 8.00. The fourth-order valence-electron chi connectivity index (χ4n) is 4.20. The highest BCUT2D eigenvalue weighted by molar-refractivity contribution is 5.83. The molecule has 1 amide bonds. The molecule has 0 radical (unpaired) electrons. The predicted octanol–water partition coefficient (Wildman–Crippen LogP) is 2.10. The maximum absolute atomic E-state index is 13.1. The third-order valence-electron chi connectivity index (χ3n) is 5.77. The van der Waals surface area contributed by atoms with Gasteiger partial charge in [-0.25, -0.2) is 0 Å². The van der Waals surface area contributed by atoms with Crippen molar-refractivity contribution >= 4 is 5.91 Å². The van der Waals surface area contributed by atoms with Gasteiger partial charge in [0.1, 0.15) is 0 Å². The van der Waals surface area contributed by atoms with Crippen LogP contribution >= 0.6 is 0 Å². The Bertz CT molecular complexity index is 352. The molecular formula is C17H33N3O. The number of piperidine rings is 1. The zero-order valence-corrected chi connectivity index (χ0v) is 14.4. The molecule has 1 unspecified atom stereocenters. The summed E-state index contributed by atoms with van der Waals surface area (Å²) in [5.74, 6) is 0.365. The van der Waals surface area contributed by atoms with Gasteiger partial charge in [-0.15, -0.1) is 0 Å². The average molecular weight is 295 g/mol. The first-order valence-corrected chi connectivity index (χ1v) is 8.59. The molecule has 0 aromatic rings. The molecule has 1 heterocycles. The summed E-state index contributed by atoms with van der Waals surface area (Å²) >= 11 is 0. The second-order valence-electron chi connectivity index (χ2n) is 7.44. The van der Waals surface area contributed by atoms with Crippen LogP contribution in [-0.4, -0.2) is 62.0 Å². The molecule has 21 heavy (non-hydrogen) atoms. The highest BCUT2D eigenvalue weighted by Gasteiger charge is 2.45. The van der Waals surface area contributed by atoms with E-state index in [1.54, 1.807) is 0 Å². The lowest BCUT2D eigenvalue weighted by Crippen LogP contribution is -2.60. The summed E-state index contributed by atoms with van der Waals surface area (Å²) in [6, 6.07) is 0. The van der Waals surface area contributed by atoms with Crippen molar-refractivity contribution in [3.8, 4) is 0 Å². The van der Waals surface area contributed by atoms with Crippen LogP contribution in [0, 0.1) is 5.41 Å². The number of likely N-dealkylation sites (N-methyl/N-ethyl adjacent to an activating group) is 2. The smallest absolute Gasteiger partial charge is 0.229 e. The van der Waals surface area contributed by atoms with Gasteiger partial charge in [0.05, 0.1) is 5.41 Å². The minimum absolute atomic E-state index is 0.154. The minimum atomic E-state index is -0.154. The van der Waals surface area contributed by atoms with Gasteiger partial charge in [-0.3, -0.25) is 4.79 Å². The van der Waals surface area contributed by atoms with Crippen LogP contribution in [-0.2, 0) is 4.79 Å². The van der Waals surface area contributed by atoms with Crippen LogP contribution in [0.4, 0.5) is 0 Å². The summed E-state index contributed by atoms with van der Waals surface area (Å²) in [7, 11) is 6.32. The van der Waals surface area contributed by atoms with Gasteiger partial charge in [0, 0.05) is 25.7 Å². The van der Waals surface area contributed by atoms with E-state index >= 15 is 0 Å². The molecule has 2 fully saturated rings. The fraction of sp³-hybridized carbons (Fsp3) is 0.941. The van der Waals surface area contributed by atoms with E-state index < -0.39 is 0 Å². The number of nitrogens with zero attached hydrogens (tertiary/aromatic N) is 2. The highest BCUT2D eigenvalue weighted by Crippen LogP contribution is 2.39. The molecule has 1 aliphatic heterocycles. The van der Waals surface area contributed by atoms with Crippen LogP contribution in [0.2, 0.25) is 0 Å². The van der Waals surface area contributed by atoms with E-state index in [1.807, 2.05) is 11.9 Å². The zero-order valence-electron chi connectivity index (χ0n) is 14.4. The standard InChI is InChI=1S/C17H33N3O/c1-5-8-16(9-7-12-18-13-16)15(21)20(4)14-17(19(2)3)10-6-11-17/h18H,5-14H2,1-4H3. The van der Waals surface area contributed by atoms with Gasteiger partial charge < -0.3 is 15.1 Å². The van der Waals surface area contributed by atoms with E-state index in [-0.39, 0.29) is 11.0 Å². The molecule has 1 atom stereocenters. The van der Waals surface area contributed by atoms with Crippen molar-refractivity contribution in [3.05, 3.63) is 0 Å². The van der Waals surface area contributed by atoms with Crippen molar-refractivity contribution in [3.63, 3.8) is 0 Å². The molecule has 1 saturated heterocycles. The minimum Gasteiger partial charge on any atom is -0.343 e. The summed E-state index contributed by atoms with van der Waals surface area (Å²) in [6.45, 7) is 4.99. The maximum Gasteiger partial charge on any atom is 0.229 e. The second-order valence-corrected chi connectivity index (χ2v) is 7.44. The number of amides is 1. The number of rotatable bonds is 6. The molecule has 4 heteroatoms. The molecular weight excluding hydrogens is 262 g/mol. The monoisotopic (exact) mass is 295 g/mol. The second kappa shape index (κ2) is 6.66. The fourth-order valence-corrected chi connectivity index (χ4v) is 4.20. The van der Waals surface area contributed by atoms with Crippen molar-refractivity contribution < 1.29 is 4.79 Å². The van der Waals surface area contributed by atoms with E-state index in [0.29, 0.717) is 5.91 Å². The number of hydrogen-bond acceptors (Lipinski definition) is 3. The molecule has 0 spiro atoms. The Morgan fingerprint density at radius 2 is 1.86 bits per heavy atom. The molecule has 0 aromatic carbocycles. The van der Waals surface area contributed by atoms with Crippen LogP contribution in [0.25, 0.3) is 0 Å². The van der Waals surface area contributed by atoms with Gasteiger partial charge in [0.2, 0.25) is 5.91 Å². The van der Waals surface area contributed by atoms with Crippen LogP contribution in [0.3, 0.4) is 0 Å². The third-order valence-corrected chi connectivity index (χ3v) is 5.77. The van der Waals surface area contributed by atoms with Crippen LogP contribution < -0.4 is 5.32 Å². The van der Waals surface area contributed by atoms with Crippen molar-refractivity contribution in [2.45, 2.75) is 57.4 Å². The van der Waals surface area contributed by atoms with Gasteiger partial charge in [-0.05, 0) is 59.2 Å². The Hall–Kier alpha value is -0.610. The van der Waals surface area contributed by atoms with Crippen molar-refractivity contribution in [2.75, 3.05) is 40.8 Å². The molecule has 2 rings (SSSR count). The lowest BCUT2D eigenvalue weighted by atomic mass is 9.73. The van der Waals surface area contributed by atoms with Gasteiger partial charge >= 0.3 is 0 Å². The average Bonchev–Trinajstić information content (AvgIpc) is 2.42. The molecule has 1 N–H and O–H groups in total. The lowest BCUT2D eigenvalue weighted by Gasteiger charge is -2.50. The summed E-state index contributed by atoms with van der Waals surface area (Å²) in [5.41, 5.74) is 0.0684. The lowest BCUT2D eigenvalue weighted by molar-refractivity contribution is -0.145. The molecule has 1 aliphatic carbocycles. The van der Waals surface area contributed by atoms with Gasteiger partial charge in [0.25, 0.3) is 0 Å². The maximum atomic E-state index is 13.1. The molecule has 122 valence electrons. The highest BCUT2D eigenvalue weighted by atomic mass is 16.2. The van der Waals surface area contributed by atoms with E-state index in [9.17, 15) is 4.79 Å². The van der Waals surface area contributed by atoms with Gasteiger partial charge in [-0.1, -0.05) is 13.3 Å². The van der Waals surface area contributed by atoms with Crippen LogP contribution in [0.5, 0.6) is 0 Å². The molecule has 0 aromatic heterocycles. The van der Waals surface area contributed by atoms with Crippen LogP contribution in [0.1, 0.15) is 51.9 Å². The van der Waals surface area contributed by atoms with Crippen molar-refractivity contribution in [1.29, 1.82) is 0 Å². The number of hydrogen-bond donors (Lipinski definition) is 1. The molecule has 0 bridgehead atoms. The van der Waals surface area contributed by atoms with Crippen molar-refractivity contribution in [1.82, 2.24) is 15.1 Å². The van der Waals surface area contributed by atoms with Crippen molar-refractivity contribution in [2.24, 2.45) is 5.41 Å². The summed E-state index contributed by atoms with van der Waals surface area (Å²) < 4.78 is 0. The van der Waals surface area contributed by atoms with Gasteiger partial charge in [0.15, 0.2) is 0 Å². The largest absolute Gasteiger partial charge is 0.343 e. The predicted molar refractivity (Wildman–Crippen MR) is 87.4 cm³/mol. The Labute approximate surface area is 130 Å². The molecule has 4 nitrogen and oxygen atoms in total. The first kappa shape index (κ1) is 16.8. The van der Waals surface area contributed by atoms with E-state index in [0.717, 1.165) is 45.3 Å². The third kappa shape index (κ3) is 3.26. The molecule has 2 aliphatic rings. The Balaban J connectivity index is 2.05. The Morgan fingerprint density at radius 3 is 2.29 bits per heavy atom.